The van der Waals surface area contributed by atoms with E-state index < -0.39 is 22.4 Å². The molecule has 0 aliphatic heterocycles. The molecule has 2 aromatic carbocycles. The molecule has 0 amide bonds. The number of hydrogen-bond donors (Lipinski definition) is 0. The van der Waals surface area contributed by atoms with E-state index in [9.17, 15) is 18.0 Å². The second-order valence-corrected chi connectivity index (χ2v) is 8.77. The van der Waals surface area contributed by atoms with Gasteiger partial charge in [0.2, 0.25) is 5.78 Å². The van der Waals surface area contributed by atoms with Gasteiger partial charge in [0.05, 0.1) is 10.5 Å². The molecule has 0 radical (unpaired) electrons. The fraction of sp³-hybridized carbons (Fsp3) is 0.182. The Bertz CT molecular complexity index is 1180. The van der Waals surface area contributed by atoms with E-state index in [1.807, 2.05) is 48.7 Å². The maximum Gasteiger partial charge on any atom is 0.338 e. The first-order valence-electron chi connectivity index (χ1n) is 8.93. The molecule has 1 heterocycles. The molecule has 0 aliphatic rings. The predicted molar refractivity (Wildman–Crippen MR) is 109 cm³/mol. The molecule has 29 heavy (non-hydrogen) atoms. The van der Waals surface area contributed by atoms with Crippen LogP contribution in [0.15, 0.2) is 65.6 Å². The molecule has 1 aromatic heterocycles. The highest BCUT2D eigenvalue weighted by Gasteiger charge is 2.19. The maximum atomic E-state index is 12.6. The summed E-state index contributed by atoms with van der Waals surface area (Å²) < 4.78 is 30.4. The number of para-hydroxylation sites is 1. The lowest BCUT2D eigenvalue weighted by atomic mass is 10.1. The number of rotatable bonds is 6. The number of ketones is 1. The average molecular weight is 411 g/mol. The van der Waals surface area contributed by atoms with Crippen LogP contribution in [0, 0.1) is 13.8 Å². The van der Waals surface area contributed by atoms with Crippen molar-refractivity contribution >= 4 is 21.6 Å². The number of Topliss-reactive ketones (excluding diaryl/α,β-unsaturated/α-hetero) is 1. The predicted octanol–water partition coefficient (Wildman–Crippen LogP) is 3.54. The van der Waals surface area contributed by atoms with Gasteiger partial charge < -0.3 is 9.30 Å². The van der Waals surface area contributed by atoms with Crippen molar-refractivity contribution in [2.45, 2.75) is 18.7 Å². The Balaban J connectivity index is 1.76. The van der Waals surface area contributed by atoms with Crippen LogP contribution in [0.1, 0.15) is 32.1 Å². The number of carbonyl (C=O) groups excluding carboxylic acids is 2. The summed E-state index contributed by atoms with van der Waals surface area (Å²) in [5, 5.41) is 0. The molecule has 0 fully saturated rings. The summed E-state index contributed by atoms with van der Waals surface area (Å²) in [5.41, 5.74) is 3.15. The molecule has 0 N–H and O–H groups in total. The van der Waals surface area contributed by atoms with Crippen LogP contribution in [0.2, 0.25) is 0 Å². The highest BCUT2D eigenvalue weighted by molar-refractivity contribution is 7.90. The van der Waals surface area contributed by atoms with Gasteiger partial charge >= 0.3 is 5.97 Å². The Morgan fingerprint density at radius 2 is 1.66 bits per heavy atom. The smallest absolute Gasteiger partial charge is 0.338 e. The lowest BCUT2D eigenvalue weighted by Crippen LogP contribution is -2.15. The molecule has 0 bridgehead atoms. The van der Waals surface area contributed by atoms with Crippen molar-refractivity contribution in [3.05, 3.63) is 83.2 Å². The van der Waals surface area contributed by atoms with E-state index >= 15 is 0 Å². The van der Waals surface area contributed by atoms with Crippen LogP contribution in [-0.2, 0) is 14.6 Å². The summed E-state index contributed by atoms with van der Waals surface area (Å²) in [6.07, 6.45) is 1.06. The third-order valence-corrected chi connectivity index (χ3v) is 5.69. The highest BCUT2D eigenvalue weighted by Crippen LogP contribution is 2.21. The molecular formula is C22H21NO5S. The summed E-state index contributed by atoms with van der Waals surface area (Å²) in [6, 6.07) is 17.0. The zero-order valence-corrected chi connectivity index (χ0v) is 17.2. The van der Waals surface area contributed by atoms with Gasteiger partial charge in [-0.2, -0.15) is 0 Å². The molecule has 0 saturated carbocycles. The first-order chi connectivity index (χ1) is 13.7. The number of sulfone groups is 1. The van der Waals surface area contributed by atoms with Gasteiger partial charge in [0.1, 0.15) is 0 Å². The van der Waals surface area contributed by atoms with Crippen molar-refractivity contribution < 1.29 is 22.7 Å². The normalized spacial score (nSPS) is 11.3. The van der Waals surface area contributed by atoms with Crippen LogP contribution >= 0.6 is 0 Å². The molecule has 7 heteroatoms. The number of aryl methyl sites for hydroxylation is 1. The molecule has 0 aliphatic carbocycles. The molecule has 3 rings (SSSR count). The van der Waals surface area contributed by atoms with Crippen LogP contribution < -0.4 is 0 Å². The standard InChI is InChI=1S/C22H21NO5S/c1-15-12-20(16(2)23(15)18-9-5-4-6-10-18)21(24)14-28-22(25)17-8-7-11-19(13-17)29(3,26)27/h4-13H,14H2,1-3H3. The third kappa shape index (κ3) is 4.46. The molecular weight excluding hydrogens is 390 g/mol. The van der Waals surface area contributed by atoms with Crippen molar-refractivity contribution in [2.75, 3.05) is 12.9 Å². The number of nitrogens with zero attached hydrogens (tertiary/aromatic N) is 1. The Hall–Kier alpha value is -3.19. The van der Waals surface area contributed by atoms with E-state index in [4.69, 9.17) is 4.74 Å². The van der Waals surface area contributed by atoms with Crippen LogP contribution in [0.4, 0.5) is 0 Å². The van der Waals surface area contributed by atoms with Crippen molar-refractivity contribution in [2.24, 2.45) is 0 Å². The van der Waals surface area contributed by atoms with Gasteiger partial charge in [-0.25, -0.2) is 13.2 Å². The number of carbonyl (C=O) groups is 2. The van der Waals surface area contributed by atoms with Gasteiger partial charge in [-0.3, -0.25) is 4.79 Å². The zero-order valence-electron chi connectivity index (χ0n) is 16.4. The van der Waals surface area contributed by atoms with Crippen LogP contribution in [-0.4, -0.2) is 37.6 Å². The minimum atomic E-state index is -3.44. The van der Waals surface area contributed by atoms with E-state index in [1.165, 1.54) is 24.3 Å². The third-order valence-electron chi connectivity index (χ3n) is 4.58. The van der Waals surface area contributed by atoms with Gasteiger partial charge in [0.15, 0.2) is 16.4 Å². The first kappa shape index (κ1) is 20.5. The van der Waals surface area contributed by atoms with Gasteiger partial charge in [0, 0.05) is 28.9 Å². The fourth-order valence-corrected chi connectivity index (χ4v) is 3.83. The summed E-state index contributed by atoms with van der Waals surface area (Å²) in [6.45, 7) is 3.31. The van der Waals surface area contributed by atoms with Gasteiger partial charge in [0.25, 0.3) is 0 Å². The number of benzene rings is 2. The number of ether oxygens (including phenoxy) is 1. The zero-order chi connectivity index (χ0) is 21.2. The number of hydrogen-bond acceptors (Lipinski definition) is 5. The Morgan fingerprint density at radius 3 is 2.31 bits per heavy atom. The van der Waals surface area contributed by atoms with Crippen molar-refractivity contribution in [1.29, 1.82) is 0 Å². The molecule has 0 saturated heterocycles. The van der Waals surface area contributed by atoms with E-state index in [0.29, 0.717) is 5.56 Å². The molecule has 3 aromatic rings. The minimum Gasteiger partial charge on any atom is -0.454 e. The number of esters is 1. The van der Waals surface area contributed by atoms with Gasteiger partial charge in [-0.05, 0) is 50.2 Å². The summed E-state index contributed by atoms with van der Waals surface area (Å²) in [4.78, 5) is 24.9. The molecule has 150 valence electrons. The van der Waals surface area contributed by atoms with Gasteiger partial charge in [-0.15, -0.1) is 0 Å². The summed E-state index contributed by atoms with van der Waals surface area (Å²) >= 11 is 0. The largest absolute Gasteiger partial charge is 0.454 e. The van der Waals surface area contributed by atoms with Crippen LogP contribution in [0.25, 0.3) is 5.69 Å². The second kappa shape index (κ2) is 8.05. The minimum absolute atomic E-state index is 0.0182. The monoisotopic (exact) mass is 411 g/mol. The number of aromatic nitrogens is 1. The Kier molecular flexibility index (Phi) is 5.70. The van der Waals surface area contributed by atoms with Crippen molar-refractivity contribution in [3.8, 4) is 5.69 Å². The van der Waals surface area contributed by atoms with E-state index in [0.717, 1.165) is 23.3 Å². The lowest BCUT2D eigenvalue weighted by Gasteiger charge is -2.10. The molecule has 0 atom stereocenters. The van der Waals surface area contributed by atoms with Crippen molar-refractivity contribution in [1.82, 2.24) is 4.57 Å². The van der Waals surface area contributed by atoms with Crippen LogP contribution in [0.5, 0.6) is 0 Å². The highest BCUT2D eigenvalue weighted by atomic mass is 32.2. The first-order valence-corrected chi connectivity index (χ1v) is 10.8. The average Bonchev–Trinajstić information content (AvgIpc) is 3.00. The van der Waals surface area contributed by atoms with Crippen molar-refractivity contribution in [3.63, 3.8) is 0 Å². The molecule has 0 unspecified atom stereocenters. The maximum absolute atomic E-state index is 12.6. The topological polar surface area (TPSA) is 82.4 Å². The van der Waals surface area contributed by atoms with E-state index in [1.54, 1.807) is 6.07 Å². The van der Waals surface area contributed by atoms with Gasteiger partial charge in [-0.1, -0.05) is 24.3 Å². The quantitative estimate of drug-likeness (QED) is 0.458. The Labute approximate surface area is 169 Å². The van der Waals surface area contributed by atoms with E-state index in [2.05, 4.69) is 0 Å². The molecule has 0 spiro atoms. The molecule has 6 nitrogen and oxygen atoms in total. The van der Waals surface area contributed by atoms with Crippen LogP contribution in [0.3, 0.4) is 0 Å². The lowest BCUT2D eigenvalue weighted by molar-refractivity contribution is 0.0474. The fourth-order valence-electron chi connectivity index (χ4n) is 3.17. The second-order valence-electron chi connectivity index (χ2n) is 6.76. The SMILES string of the molecule is Cc1cc(C(=O)COC(=O)c2cccc(S(C)(=O)=O)c2)c(C)n1-c1ccccc1. The summed E-state index contributed by atoms with van der Waals surface area (Å²) in [5.74, 6) is -1.08. The Morgan fingerprint density at radius 1 is 0.966 bits per heavy atom. The summed E-state index contributed by atoms with van der Waals surface area (Å²) in [7, 11) is -3.44. The van der Waals surface area contributed by atoms with E-state index in [-0.39, 0.29) is 16.2 Å².